The van der Waals surface area contributed by atoms with Gasteiger partial charge in [-0.25, -0.2) is 4.98 Å². The summed E-state index contributed by atoms with van der Waals surface area (Å²) in [6, 6.07) is 17.1. The van der Waals surface area contributed by atoms with E-state index >= 15 is 0 Å². The van der Waals surface area contributed by atoms with Gasteiger partial charge in [0.25, 0.3) is 5.56 Å². The second kappa shape index (κ2) is 9.81. The number of piperidine rings is 1. The Morgan fingerprint density at radius 3 is 2.53 bits per heavy atom. The summed E-state index contributed by atoms with van der Waals surface area (Å²) in [5.74, 6) is 1.54. The first-order valence-electron chi connectivity index (χ1n) is 11.0. The molecule has 5 heteroatoms. The lowest BCUT2D eigenvalue weighted by Crippen LogP contribution is -2.35. The number of rotatable bonds is 8. The van der Waals surface area contributed by atoms with E-state index in [1.54, 1.807) is 0 Å². The summed E-state index contributed by atoms with van der Waals surface area (Å²) in [5, 5.41) is 0.648. The van der Waals surface area contributed by atoms with Crippen molar-refractivity contribution in [2.75, 3.05) is 19.6 Å². The highest BCUT2D eigenvalue weighted by atomic mass is 16.1. The third-order valence-corrected chi connectivity index (χ3v) is 6.08. The zero-order valence-electron chi connectivity index (χ0n) is 17.3. The molecule has 0 bridgehead atoms. The van der Waals surface area contributed by atoms with Crippen LogP contribution in [0, 0.1) is 5.92 Å². The van der Waals surface area contributed by atoms with Gasteiger partial charge in [-0.05, 0) is 63.4 Å². The molecule has 0 saturated carbocycles. The largest absolute Gasteiger partial charge is 0.310 e. The molecule has 1 aromatic heterocycles. The molecule has 0 atom stereocenters. The molecule has 30 heavy (non-hydrogen) atoms. The van der Waals surface area contributed by atoms with Crippen molar-refractivity contribution in [1.29, 1.82) is 0 Å². The minimum absolute atomic E-state index is 0.0530. The van der Waals surface area contributed by atoms with Crippen LogP contribution in [0.1, 0.15) is 48.3 Å². The average Bonchev–Trinajstić information content (AvgIpc) is 2.78. The molecule has 0 unspecified atom stereocenters. The van der Waals surface area contributed by atoms with Gasteiger partial charge in [0.15, 0.2) is 5.78 Å². The van der Waals surface area contributed by atoms with Crippen LogP contribution in [0.4, 0.5) is 0 Å². The number of hydrogen-bond acceptors (Lipinski definition) is 4. The highest BCUT2D eigenvalue weighted by Crippen LogP contribution is 2.22. The first-order chi connectivity index (χ1) is 14.7. The van der Waals surface area contributed by atoms with Gasteiger partial charge in [-0.1, -0.05) is 42.5 Å². The van der Waals surface area contributed by atoms with Crippen molar-refractivity contribution in [3.8, 4) is 0 Å². The number of hydrogen-bond donors (Lipinski definition) is 1. The van der Waals surface area contributed by atoms with Gasteiger partial charge in [0.05, 0.1) is 10.9 Å². The van der Waals surface area contributed by atoms with Crippen molar-refractivity contribution in [2.45, 2.75) is 38.5 Å². The summed E-state index contributed by atoms with van der Waals surface area (Å²) >= 11 is 0. The van der Waals surface area contributed by atoms with Crippen molar-refractivity contribution in [2.24, 2.45) is 5.92 Å². The highest BCUT2D eigenvalue weighted by Gasteiger charge is 2.21. The monoisotopic (exact) mass is 403 g/mol. The smallest absolute Gasteiger partial charge is 0.258 e. The van der Waals surface area contributed by atoms with Gasteiger partial charge in [0.1, 0.15) is 5.82 Å². The van der Waals surface area contributed by atoms with Gasteiger partial charge in [-0.15, -0.1) is 0 Å². The van der Waals surface area contributed by atoms with Crippen LogP contribution in [0.15, 0.2) is 59.4 Å². The van der Waals surface area contributed by atoms with Gasteiger partial charge in [0.2, 0.25) is 0 Å². The van der Waals surface area contributed by atoms with Crippen molar-refractivity contribution in [3.05, 3.63) is 76.3 Å². The molecule has 4 rings (SSSR count). The van der Waals surface area contributed by atoms with Crippen molar-refractivity contribution in [3.63, 3.8) is 0 Å². The minimum atomic E-state index is -0.0530. The van der Waals surface area contributed by atoms with Gasteiger partial charge in [0, 0.05) is 18.4 Å². The molecule has 0 radical (unpaired) electrons. The van der Waals surface area contributed by atoms with E-state index in [2.05, 4.69) is 14.9 Å². The zero-order valence-corrected chi connectivity index (χ0v) is 17.3. The van der Waals surface area contributed by atoms with Crippen LogP contribution in [0.5, 0.6) is 0 Å². The SMILES string of the molecule is O=C(CC1CCN(CCCCc2nc3ccccc3c(=O)[nH]2)CC1)c1ccccc1. The molecule has 1 aliphatic rings. The van der Waals surface area contributed by atoms with Gasteiger partial charge >= 0.3 is 0 Å². The molecule has 1 N–H and O–H groups in total. The number of benzene rings is 2. The summed E-state index contributed by atoms with van der Waals surface area (Å²) in [6.45, 7) is 3.20. The Morgan fingerprint density at radius 2 is 1.73 bits per heavy atom. The summed E-state index contributed by atoms with van der Waals surface area (Å²) < 4.78 is 0. The number of aromatic nitrogens is 2. The number of Topliss-reactive ketones (excluding diaryl/α,β-unsaturated/α-hetero) is 1. The number of fused-ring (bicyclic) bond motifs is 1. The summed E-state index contributed by atoms with van der Waals surface area (Å²) in [6.07, 6.45) is 5.75. The number of unbranched alkanes of at least 4 members (excludes halogenated alkanes) is 1. The Labute approximate surface area is 177 Å². The second-order valence-electron chi connectivity index (χ2n) is 8.27. The minimum Gasteiger partial charge on any atom is -0.310 e. The normalized spacial score (nSPS) is 15.5. The number of carbonyl (C=O) groups is 1. The van der Waals surface area contributed by atoms with E-state index in [1.807, 2.05) is 54.6 Å². The lowest BCUT2D eigenvalue weighted by molar-refractivity contribution is 0.0927. The second-order valence-corrected chi connectivity index (χ2v) is 8.27. The number of para-hydroxylation sites is 1. The fourth-order valence-electron chi connectivity index (χ4n) is 4.30. The van der Waals surface area contributed by atoms with E-state index in [0.29, 0.717) is 17.7 Å². The Balaban J connectivity index is 1.18. The number of carbonyl (C=O) groups excluding carboxylic acids is 1. The molecule has 0 amide bonds. The summed E-state index contributed by atoms with van der Waals surface area (Å²) in [4.78, 5) is 34.5. The Bertz CT molecular complexity index is 1040. The maximum atomic E-state index is 12.4. The van der Waals surface area contributed by atoms with Crippen LogP contribution in [0.2, 0.25) is 0 Å². The predicted octanol–water partition coefficient (Wildman–Crippen LogP) is 4.23. The van der Waals surface area contributed by atoms with Crippen LogP contribution in [0.3, 0.4) is 0 Å². The number of likely N-dealkylation sites (tertiary alicyclic amines) is 1. The van der Waals surface area contributed by atoms with Crippen LogP contribution in [0.25, 0.3) is 10.9 Å². The molecule has 2 aromatic carbocycles. The summed E-state index contributed by atoms with van der Waals surface area (Å²) in [5.41, 5.74) is 1.55. The molecule has 1 fully saturated rings. The number of nitrogens with one attached hydrogen (secondary N) is 1. The number of aryl methyl sites for hydroxylation is 1. The Morgan fingerprint density at radius 1 is 1.00 bits per heavy atom. The van der Waals surface area contributed by atoms with E-state index < -0.39 is 0 Å². The fraction of sp³-hybridized carbons (Fsp3) is 0.400. The Hall–Kier alpha value is -2.79. The molecular weight excluding hydrogens is 374 g/mol. The fourth-order valence-corrected chi connectivity index (χ4v) is 4.30. The highest BCUT2D eigenvalue weighted by molar-refractivity contribution is 5.96. The van der Waals surface area contributed by atoms with Crippen LogP contribution >= 0.6 is 0 Å². The number of H-pyrrole nitrogens is 1. The number of nitrogens with zero attached hydrogens (tertiary/aromatic N) is 2. The van der Waals surface area contributed by atoms with E-state index in [1.165, 1.54) is 0 Å². The molecule has 2 heterocycles. The number of aromatic amines is 1. The third-order valence-electron chi connectivity index (χ3n) is 6.08. The van der Waals surface area contributed by atoms with Crippen molar-refractivity contribution < 1.29 is 4.79 Å². The molecule has 5 nitrogen and oxygen atoms in total. The van der Waals surface area contributed by atoms with Gasteiger partial charge in [-0.2, -0.15) is 0 Å². The first kappa shape index (κ1) is 20.5. The molecule has 1 aliphatic heterocycles. The average molecular weight is 404 g/mol. The first-order valence-corrected chi connectivity index (χ1v) is 11.0. The quantitative estimate of drug-likeness (QED) is 0.451. The van der Waals surface area contributed by atoms with Crippen LogP contribution < -0.4 is 5.56 Å². The van der Waals surface area contributed by atoms with Gasteiger partial charge in [-0.3, -0.25) is 9.59 Å². The Kier molecular flexibility index (Phi) is 6.70. The molecule has 1 saturated heterocycles. The molecule has 0 spiro atoms. The lowest BCUT2D eigenvalue weighted by Gasteiger charge is -2.31. The van der Waals surface area contributed by atoms with Gasteiger partial charge < -0.3 is 9.88 Å². The van der Waals surface area contributed by atoms with Crippen molar-refractivity contribution >= 4 is 16.7 Å². The van der Waals surface area contributed by atoms with E-state index in [-0.39, 0.29) is 11.3 Å². The predicted molar refractivity (Wildman–Crippen MR) is 120 cm³/mol. The standard InChI is InChI=1S/C25H29N3O2/c29-23(20-8-2-1-3-9-20)18-19-13-16-28(17-14-19)15-7-6-12-24-26-22-11-5-4-10-21(22)25(30)27-24/h1-5,8-11,19H,6-7,12-18H2,(H,26,27,30). The lowest BCUT2D eigenvalue weighted by atomic mass is 9.90. The van der Waals surface area contributed by atoms with Crippen LogP contribution in [-0.4, -0.2) is 40.3 Å². The molecule has 3 aromatic rings. The third kappa shape index (κ3) is 5.22. The maximum absolute atomic E-state index is 12.4. The van der Waals surface area contributed by atoms with E-state index in [4.69, 9.17) is 0 Å². The van der Waals surface area contributed by atoms with E-state index in [0.717, 1.165) is 68.6 Å². The zero-order chi connectivity index (χ0) is 20.8. The molecule has 0 aliphatic carbocycles. The van der Waals surface area contributed by atoms with E-state index in [9.17, 15) is 9.59 Å². The van der Waals surface area contributed by atoms with Crippen LogP contribution in [-0.2, 0) is 6.42 Å². The topological polar surface area (TPSA) is 66.1 Å². The molecule has 156 valence electrons. The molecular formula is C25H29N3O2. The summed E-state index contributed by atoms with van der Waals surface area (Å²) in [7, 11) is 0. The number of ketones is 1. The maximum Gasteiger partial charge on any atom is 0.258 e. The van der Waals surface area contributed by atoms with Crippen molar-refractivity contribution in [1.82, 2.24) is 14.9 Å².